The zero-order valence-corrected chi connectivity index (χ0v) is 13.0. The zero-order valence-electron chi connectivity index (χ0n) is 12.2. The number of rotatable bonds is 6. The summed E-state index contributed by atoms with van der Waals surface area (Å²) in [5.74, 6) is -0.615. The number of aromatic nitrogens is 3. The van der Waals surface area contributed by atoms with Gasteiger partial charge in [0.1, 0.15) is 6.33 Å². The van der Waals surface area contributed by atoms with Gasteiger partial charge in [0.15, 0.2) is 5.16 Å². The molecule has 1 aliphatic heterocycles. The van der Waals surface area contributed by atoms with Crippen LogP contribution in [0.3, 0.4) is 0 Å². The van der Waals surface area contributed by atoms with Gasteiger partial charge in [-0.2, -0.15) is 0 Å². The lowest BCUT2D eigenvalue weighted by Gasteiger charge is -2.23. The Morgan fingerprint density at radius 1 is 1.52 bits per heavy atom. The van der Waals surface area contributed by atoms with Gasteiger partial charge in [-0.05, 0) is 26.7 Å². The summed E-state index contributed by atoms with van der Waals surface area (Å²) in [6.07, 6.45) is 3.32. The molecule has 21 heavy (non-hydrogen) atoms. The van der Waals surface area contributed by atoms with Crippen molar-refractivity contribution in [2.24, 2.45) is 0 Å². The molecule has 0 aliphatic carbocycles. The molecule has 2 heterocycles. The standard InChI is InChI=1S/C13H20N4O3S/c1-9(2)17-8-14-15-13(17)21-7-11(18)16-5-3-4-10(16)6-12(19)20/h8-10H,3-7H2,1-2H3,(H,19,20). The van der Waals surface area contributed by atoms with E-state index in [2.05, 4.69) is 10.2 Å². The second-order valence-corrected chi connectivity index (χ2v) is 6.33. The fourth-order valence-corrected chi connectivity index (χ4v) is 3.41. The van der Waals surface area contributed by atoms with Crippen LogP contribution in [0, 0.1) is 0 Å². The van der Waals surface area contributed by atoms with Crippen molar-refractivity contribution < 1.29 is 14.7 Å². The number of thioether (sulfide) groups is 1. The van der Waals surface area contributed by atoms with E-state index in [0.29, 0.717) is 11.7 Å². The molecule has 1 N–H and O–H groups in total. The summed E-state index contributed by atoms with van der Waals surface area (Å²) in [6.45, 7) is 4.70. The van der Waals surface area contributed by atoms with Crippen LogP contribution in [-0.2, 0) is 9.59 Å². The maximum absolute atomic E-state index is 12.3. The van der Waals surface area contributed by atoms with Crippen molar-refractivity contribution in [3.05, 3.63) is 6.33 Å². The van der Waals surface area contributed by atoms with Gasteiger partial charge in [0, 0.05) is 18.6 Å². The van der Waals surface area contributed by atoms with Crippen molar-refractivity contribution in [3.8, 4) is 0 Å². The summed E-state index contributed by atoms with van der Waals surface area (Å²) in [5.41, 5.74) is 0. The first-order valence-corrected chi connectivity index (χ1v) is 8.01. The van der Waals surface area contributed by atoms with Gasteiger partial charge in [-0.25, -0.2) is 0 Å². The Hall–Kier alpha value is -1.57. The third-order valence-electron chi connectivity index (χ3n) is 3.53. The molecule has 1 aromatic heterocycles. The highest BCUT2D eigenvalue weighted by Gasteiger charge is 2.30. The number of carbonyl (C=O) groups is 2. The molecule has 1 aliphatic rings. The van der Waals surface area contributed by atoms with Crippen molar-refractivity contribution >= 4 is 23.6 Å². The second kappa shape index (κ2) is 6.93. The number of carboxylic acids is 1. The Morgan fingerprint density at radius 3 is 2.95 bits per heavy atom. The zero-order chi connectivity index (χ0) is 15.4. The fraction of sp³-hybridized carbons (Fsp3) is 0.692. The summed E-state index contributed by atoms with van der Waals surface area (Å²) in [6, 6.07) is 0.0720. The summed E-state index contributed by atoms with van der Waals surface area (Å²) in [5, 5.41) is 17.5. The SMILES string of the molecule is CC(C)n1cnnc1SCC(=O)N1CCCC1CC(=O)O. The minimum Gasteiger partial charge on any atom is -0.481 e. The van der Waals surface area contributed by atoms with E-state index >= 15 is 0 Å². The number of carboxylic acid groups (broad SMARTS) is 1. The Kier molecular flexibility index (Phi) is 5.22. The van der Waals surface area contributed by atoms with E-state index < -0.39 is 5.97 Å². The number of aliphatic carboxylic acids is 1. The molecule has 7 nitrogen and oxygen atoms in total. The highest BCUT2D eigenvalue weighted by Crippen LogP contribution is 2.24. The molecule has 0 spiro atoms. The number of hydrogen-bond donors (Lipinski definition) is 1. The van der Waals surface area contributed by atoms with E-state index in [4.69, 9.17) is 5.11 Å². The summed E-state index contributed by atoms with van der Waals surface area (Å²) >= 11 is 1.35. The number of nitrogens with zero attached hydrogens (tertiary/aromatic N) is 4. The average molecular weight is 312 g/mol. The van der Waals surface area contributed by atoms with Gasteiger partial charge >= 0.3 is 5.97 Å². The predicted molar refractivity (Wildman–Crippen MR) is 78.1 cm³/mol. The first-order chi connectivity index (χ1) is 9.99. The molecule has 1 aromatic rings. The molecule has 0 bridgehead atoms. The Balaban J connectivity index is 1.92. The van der Waals surface area contributed by atoms with Crippen LogP contribution in [0.25, 0.3) is 0 Å². The largest absolute Gasteiger partial charge is 0.481 e. The van der Waals surface area contributed by atoms with Crippen LogP contribution in [0.15, 0.2) is 11.5 Å². The summed E-state index contributed by atoms with van der Waals surface area (Å²) < 4.78 is 1.91. The number of carbonyl (C=O) groups excluding carboxylic acids is 1. The van der Waals surface area contributed by atoms with Crippen LogP contribution < -0.4 is 0 Å². The Morgan fingerprint density at radius 2 is 2.29 bits per heavy atom. The highest BCUT2D eigenvalue weighted by atomic mass is 32.2. The minimum absolute atomic E-state index is 0.0259. The van der Waals surface area contributed by atoms with Gasteiger partial charge in [0.2, 0.25) is 5.91 Å². The van der Waals surface area contributed by atoms with E-state index in [-0.39, 0.29) is 30.2 Å². The van der Waals surface area contributed by atoms with Crippen LogP contribution in [0.4, 0.5) is 0 Å². The maximum atomic E-state index is 12.3. The fourth-order valence-electron chi connectivity index (χ4n) is 2.48. The quantitative estimate of drug-likeness (QED) is 0.799. The van der Waals surface area contributed by atoms with Crippen molar-refractivity contribution in [2.75, 3.05) is 12.3 Å². The first kappa shape index (κ1) is 15.8. The van der Waals surface area contributed by atoms with E-state index in [1.54, 1.807) is 11.2 Å². The molecule has 8 heteroatoms. The molecule has 1 saturated heterocycles. The molecular weight excluding hydrogens is 292 g/mol. The third kappa shape index (κ3) is 3.96. The maximum Gasteiger partial charge on any atom is 0.305 e. The topological polar surface area (TPSA) is 88.3 Å². The van der Waals surface area contributed by atoms with Crippen molar-refractivity contribution in [3.63, 3.8) is 0 Å². The normalized spacial score (nSPS) is 18.4. The van der Waals surface area contributed by atoms with Gasteiger partial charge in [0.25, 0.3) is 0 Å². The van der Waals surface area contributed by atoms with Crippen molar-refractivity contribution in [1.82, 2.24) is 19.7 Å². The molecular formula is C13H20N4O3S. The molecule has 1 fully saturated rings. The molecule has 0 radical (unpaired) electrons. The van der Waals surface area contributed by atoms with E-state index in [0.717, 1.165) is 12.8 Å². The van der Waals surface area contributed by atoms with Gasteiger partial charge < -0.3 is 14.6 Å². The third-order valence-corrected chi connectivity index (χ3v) is 4.47. The molecule has 1 amide bonds. The minimum atomic E-state index is -0.855. The first-order valence-electron chi connectivity index (χ1n) is 7.02. The second-order valence-electron chi connectivity index (χ2n) is 5.38. The van der Waals surface area contributed by atoms with E-state index in [1.807, 2.05) is 18.4 Å². The number of likely N-dealkylation sites (tertiary alicyclic amines) is 1. The lowest BCUT2D eigenvalue weighted by atomic mass is 10.1. The lowest BCUT2D eigenvalue weighted by molar-refractivity contribution is -0.139. The van der Waals surface area contributed by atoms with Gasteiger partial charge in [-0.1, -0.05) is 11.8 Å². The van der Waals surface area contributed by atoms with Crippen LogP contribution in [0.1, 0.15) is 39.2 Å². The monoisotopic (exact) mass is 312 g/mol. The molecule has 1 unspecified atom stereocenters. The van der Waals surface area contributed by atoms with Crippen LogP contribution in [0.2, 0.25) is 0 Å². The van der Waals surface area contributed by atoms with E-state index in [9.17, 15) is 9.59 Å². The average Bonchev–Trinajstić information content (AvgIpc) is 3.03. The molecule has 116 valence electrons. The number of amides is 1. The molecule has 0 aromatic carbocycles. The Bertz CT molecular complexity index is 517. The lowest BCUT2D eigenvalue weighted by Crippen LogP contribution is -2.38. The Labute approximate surface area is 127 Å². The van der Waals surface area contributed by atoms with Crippen LogP contribution >= 0.6 is 11.8 Å². The van der Waals surface area contributed by atoms with Gasteiger partial charge in [-0.15, -0.1) is 10.2 Å². The highest BCUT2D eigenvalue weighted by molar-refractivity contribution is 7.99. The van der Waals surface area contributed by atoms with Crippen molar-refractivity contribution in [2.45, 2.75) is 50.4 Å². The van der Waals surface area contributed by atoms with Crippen molar-refractivity contribution in [1.29, 1.82) is 0 Å². The van der Waals surface area contributed by atoms with Crippen LogP contribution in [0.5, 0.6) is 0 Å². The molecule has 1 atom stereocenters. The molecule has 2 rings (SSSR count). The smallest absolute Gasteiger partial charge is 0.305 e. The van der Waals surface area contributed by atoms with Crippen LogP contribution in [-0.4, -0.2) is 55.0 Å². The summed E-state index contributed by atoms with van der Waals surface area (Å²) in [7, 11) is 0. The predicted octanol–water partition coefficient (Wildman–Crippen LogP) is 1.42. The van der Waals surface area contributed by atoms with Gasteiger partial charge in [-0.3, -0.25) is 9.59 Å². The molecule has 0 saturated carbocycles. The van der Waals surface area contributed by atoms with E-state index in [1.165, 1.54) is 11.8 Å². The summed E-state index contributed by atoms with van der Waals surface area (Å²) in [4.78, 5) is 24.8. The van der Waals surface area contributed by atoms with Gasteiger partial charge in [0.05, 0.1) is 12.2 Å². The number of hydrogen-bond acceptors (Lipinski definition) is 5.